The molecule has 1 heterocycles. The lowest BCUT2D eigenvalue weighted by atomic mass is 9.99. The fourth-order valence-electron chi connectivity index (χ4n) is 1.91. The molecule has 0 N–H and O–H groups in total. The molecule has 6 heteroatoms. The molecule has 0 bridgehead atoms. The number of carbonyl (C=O) groups excluding carboxylic acids is 1. The van der Waals surface area contributed by atoms with E-state index in [0.717, 1.165) is 6.07 Å². The van der Waals surface area contributed by atoms with Crippen molar-refractivity contribution in [3.63, 3.8) is 0 Å². The number of para-hydroxylation sites is 1. The topological polar surface area (TPSA) is 35.5 Å². The minimum absolute atomic E-state index is 0.110. The Labute approximate surface area is 102 Å². The average molecular weight is 260 g/mol. The Balaban J connectivity index is 2.38. The van der Waals surface area contributed by atoms with Crippen LogP contribution in [0.1, 0.15) is 24.0 Å². The van der Waals surface area contributed by atoms with E-state index in [1.54, 1.807) is 6.92 Å². The van der Waals surface area contributed by atoms with Gasteiger partial charge in [-0.05, 0) is 13.0 Å². The third kappa shape index (κ3) is 2.14. The number of alkyl halides is 3. The fraction of sp³-hybridized carbons (Fsp3) is 0.417. The normalized spacial score (nSPS) is 18.1. The highest BCUT2D eigenvalue weighted by atomic mass is 19.4. The van der Waals surface area contributed by atoms with Gasteiger partial charge in [0.2, 0.25) is 0 Å². The van der Waals surface area contributed by atoms with E-state index in [0.29, 0.717) is 0 Å². The first kappa shape index (κ1) is 12.7. The highest BCUT2D eigenvalue weighted by molar-refractivity contribution is 5.80. The molecule has 1 unspecified atom stereocenters. The third-order valence-corrected chi connectivity index (χ3v) is 2.69. The highest BCUT2D eigenvalue weighted by Crippen LogP contribution is 2.44. The molecule has 0 saturated carbocycles. The Morgan fingerprint density at radius 3 is 2.83 bits per heavy atom. The van der Waals surface area contributed by atoms with Crippen molar-refractivity contribution in [2.24, 2.45) is 0 Å². The van der Waals surface area contributed by atoms with Gasteiger partial charge in [0.05, 0.1) is 12.2 Å². The zero-order valence-electron chi connectivity index (χ0n) is 9.58. The fourth-order valence-corrected chi connectivity index (χ4v) is 1.91. The molecule has 0 aromatic heterocycles. The predicted octanol–water partition coefficient (Wildman–Crippen LogP) is 2.74. The second-order valence-electron chi connectivity index (χ2n) is 3.84. The molecule has 0 aliphatic carbocycles. The van der Waals surface area contributed by atoms with Gasteiger partial charge in [0.15, 0.2) is 0 Å². The van der Waals surface area contributed by atoms with E-state index in [4.69, 9.17) is 9.47 Å². The van der Waals surface area contributed by atoms with Crippen LogP contribution in [0, 0.1) is 0 Å². The van der Waals surface area contributed by atoms with Gasteiger partial charge in [-0.3, -0.25) is 4.79 Å². The van der Waals surface area contributed by atoms with Crippen molar-refractivity contribution in [2.75, 3.05) is 13.2 Å². The monoisotopic (exact) mass is 260 g/mol. The molecule has 2 rings (SSSR count). The second kappa shape index (κ2) is 4.51. The van der Waals surface area contributed by atoms with E-state index in [1.165, 1.54) is 12.1 Å². The summed E-state index contributed by atoms with van der Waals surface area (Å²) in [6.07, 6.45) is -4.49. The molecule has 1 aromatic carbocycles. The number of rotatable bonds is 2. The number of ether oxygens (including phenoxy) is 2. The minimum atomic E-state index is -4.49. The van der Waals surface area contributed by atoms with Crippen molar-refractivity contribution >= 4 is 5.97 Å². The van der Waals surface area contributed by atoms with E-state index in [2.05, 4.69) is 0 Å². The molecule has 1 aromatic rings. The largest absolute Gasteiger partial charge is 0.491 e. The Morgan fingerprint density at radius 1 is 1.50 bits per heavy atom. The molecular weight excluding hydrogens is 249 g/mol. The van der Waals surface area contributed by atoms with Crippen LogP contribution in [0.15, 0.2) is 18.2 Å². The maximum Gasteiger partial charge on any atom is 0.419 e. The maximum absolute atomic E-state index is 12.7. The zero-order chi connectivity index (χ0) is 13.3. The molecule has 1 aliphatic rings. The van der Waals surface area contributed by atoms with E-state index >= 15 is 0 Å². The van der Waals surface area contributed by atoms with Crippen molar-refractivity contribution in [2.45, 2.75) is 19.0 Å². The Morgan fingerprint density at radius 2 is 2.22 bits per heavy atom. The molecule has 0 fully saturated rings. The number of carbonyl (C=O) groups is 1. The van der Waals surface area contributed by atoms with Gasteiger partial charge in [0, 0.05) is 5.56 Å². The van der Waals surface area contributed by atoms with Crippen LogP contribution in [-0.4, -0.2) is 19.2 Å². The molecule has 0 spiro atoms. The number of esters is 1. The lowest BCUT2D eigenvalue weighted by Gasteiger charge is -2.11. The molecule has 0 radical (unpaired) electrons. The Kier molecular flexibility index (Phi) is 3.19. The van der Waals surface area contributed by atoms with Gasteiger partial charge in [-0.15, -0.1) is 0 Å². The smallest absolute Gasteiger partial charge is 0.419 e. The Bertz CT molecular complexity index is 468. The summed E-state index contributed by atoms with van der Waals surface area (Å²) in [4.78, 5) is 11.6. The van der Waals surface area contributed by atoms with Crippen LogP contribution in [0.5, 0.6) is 5.75 Å². The lowest BCUT2D eigenvalue weighted by Crippen LogP contribution is -2.16. The summed E-state index contributed by atoms with van der Waals surface area (Å²) in [7, 11) is 0. The Hall–Kier alpha value is -1.72. The van der Waals surface area contributed by atoms with Crippen molar-refractivity contribution in [3.05, 3.63) is 29.3 Å². The van der Waals surface area contributed by atoms with Crippen LogP contribution in [0.4, 0.5) is 13.2 Å². The van der Waals surface area contributed by atoms with Gasteiger partial charge in [-0.25, -0.2) is 0 Å². The van der Waals surface area contributed by atoms with Gasteiger partial charge < -0.3 is 9.47 Å². The van der Waals surface area contributed by atoms with Gasteiger partial charge in [-0.2, -0.15) is 13.2 Å². The molecule has 0 amide bonds. The first-order chi connectivity index (χ1) is 8.45. The molecule has 1 aliphatic heterocycles. The summed E-state index contributed by atoms with van der Waals surface area (Å²) >= 11 is 0. The summed E-state index contributed by atoms with van der Waals surface area (Å²) in [6, 6.07) is 3.66. The number of halogens is 3. The van der Waals surface area contributed by atoms with E-state index in [-0.39, 0.29) is 24.5 Å². The maximum atomic E-state index is 12.7. The summed E-state index contributed by atoms with van der Waals surface area (Å²) < 4.78 is 48.0. The van der Waals surface area contributed by atoms with E-state index < -0.39 is 23.6 Å². The number of hydrogen-bond donors (Lipinski definition) is 0. The van der Waals surface area contributed by atoms with E-state index in [9.17, 15) is 18.0 Å². The number of hydrogen-bond acceptors (Lipinski definition) is 3. The van der Waals surface area contributed by atoms with Crippen molar-refractivity contribution < 1.29 is 27.4 Å². The van der Waals surface area contributed by atoms with Gasteiger partial charge >= 0.3 is 12.1 Å². The van der Waals surface area contributed by atoms with Crippen molar-refractivity contribution in [3.8, 4) is 5.75 Å². The molecule has 3 nitrogen and oxygen atoms in total. The van der Waals surface area contributed by atoms with Crippen molar-refractivity contribution in [1.29, 1.82) is 0 Å². The van der Waals surface area contributed by atoms with Crippen LogP contribution >= 0.6 is 0 Å². The minimum Gasteiger partial charge on any atom is -0.491 e. The SMILES string of the molecule is CCOC(=O)C1COc2c1cccc2C(F)(F)F. The molecular formula is C12H11F3O3. The molecule has 1 atom stereocenters. The quantitative estimate of drug-likeness (QED) is 0.767. The van der Waals surface area contributed by atoms with Crippen molar-refractivity contribution in [1.82, 2.24) is 0 Å². The molecule has 0 saturated heterocycles. The number of fused-ring (bicyclic) bond motifs is 1. The third-order valence-electron chi connectivity index (χ3n) is 2.69. The van der Waals surface area contributed by atoms with Crippen LogP contribution in [-0.2, 0) is 15.7 Å². The standard InChI is InChI=1S/C12H11F3O3/c1-2-17-11(16)8-6-18-10-7(8)4-3-5-9(10)12(13,14)15/h3-5,8H,2,6H2,1H3. The second-order valence-corrected chi connectivity index (χ2v) is 3.84. The van der Waals surface area contributed by atoms with Crippen LogP contribution in [0.25, 0.3) is 0 Å². The molecule has 18 heavy (non-hydrogen) atoms. The van der Waals surface area contributed by atoms with Gasteiger partial charge in [-0.1, -0.05) is 12.1 Å². The summed E-state index contributed by atoms with van der Waals surface area (Å²) in [5.41, 5.74) is -0.616. The van der Waals surface area contributed by atoms with E-state index in [1.807, 2.05) is 0 Å². The summed E-state index contributed by atoms with van der Waals surface area (Å²) in [6.45, 7) is 1.71. The summed E-state index contributed by atoms with van der Waals surface area (Å²) in [5.74, 6) is -1.60. The lowest BCUT2D eigenvalue weighted by molar-refractivity contribution is -0.145. The van der Waals surface area contributed by atoms with Gasteiger partial charge in [0.25, 0.3) is 0 Å². The van der Waals surface area contributed by atoms with Gasteiger partial charge in [0.1, 0.15) is 18.3 Å². The first-order valence-electron chi connectivity index (χ1n) is 5.44. The average Bonchev–Trinajstić information content (AvgIpc) is 2.71. The number of benzene rings is 1. The summed E-state index contributed by atoms with van der Waals surface area (Å²) in [5, 5.41) is 0. The van der Waals surface area contributed by atoms with Crippen LogP contribution in [0.2, 0.25) is 0 Å². The highest BCUT2D eigenvalue weighted by Gasteiger charge is 2.40. The first-order valence-corrected chi connectivity index (χ1v) is 5.44. The predicted molar refractivity (Wildman–Crippen MR) is 56.3 cm³/mol. The molecule has 98 valence electrons. The zero-order valence-corrected chi connectivity index (χ0v) is 9.58. The van der Waals surface area contributed by atoms with Crippen LogP contribution < -0.4 is 4.74 Å². The van der Waals surface area contributed by atoms with Crippen LogP contribution in [0.3, 0.4) is 0 Å².